The van der Waals surface area contributed by atoms with Crippen molar-refractivity contribution >= 4 is 82.5 Å². The van der Waals surface area contributed by atoms with Crippen molar-refractivity contribution in [2.75, 3.05) is 18.6 Å². The average Bonchev–Trinajstić information content (AvgIpc) is 3.54. The third-order valence-corrected chi connectivity index (χ3v) is 10.6. The molecular weight excluding hydrogens is 623 g/mol. The highest BCUT2D eigenvalue weighted by Gasteiger charge is 2.53. The predicted molar refractivity (Wildman–Crippen MR) is 149 cm³/mol. The first kappa shape index (κ1) is 28.9. The van der Waals surface area contributed by atoms with Crippen LogP contribution in [0, 0.1) is 6.92 Å². The molecule has 5 rings (SSSR count). The van der Waals surface area contributed by atoms with Crippen LogP contribution in [0.15, 0.2) is 26.8 Å². The molecule has 0 saturated carbocycles. The summed E-state index contributed by atoms with van der Waals surface area (Å²) in [5.41, 5.74) is 6.14. The lowest BCUT2D eigenvalue weighted by Crippen LogP contribution is -2.70. The first-order chi connectivity index (χ1) is 19.4. The summed E-state index contributed by atoms with van der Waals surface area (Å²) in [7, 11) is -5.01. The van der Waals surface area contributed by atoms with Crippen LogP contribution in [0.3, 0.4) is 0 Å². The van der Waals surface area contributed by atoms with E-state index in [1.54, 1.807) is 13.0 Å². The highest BCUT2D eigenvalue weighted by Crippen LogP contribution is 2.43. The van der Waals surface area contributed by atoms with Gasteiger partial charge in [-0.15, -0.1) is 28.2 Å². The van der Waals surface area contributed by atoms with E-state index in [1.807, 2.05) is 0 Å². The van der Waals surface area contributed by atoms with Crippen molar-refractivity contribution in [3.63, 3.8) is 0 Å². The second-order valence-electron chi connectivity index (χ2n) is 8.61. The van der Waals surface area contributed by atoms with Gasteiger partial charge < -0.3 is 21.0 Å². The van der Waals surface area contributed by atoms with Gasteiger partial charge in [0.2, 0.25) is 0 Å². The normalized spacial score (nSPS) is 21.0. The Morgan fingerprint density at radius 2 is 2.12 bits per heavy atom. The maximum Gasteiger partial charge on any atom is 0.378 e. The summed E-state index contributed by atoms with van der Waals surface area (Å²) in [6.45, 7) is 1.66. The molecule has 2 amide bonds. The summed E-state index contributed by atoms with van der Waals surface area (Å²) in [6, 6.07) is 0.104. The summed E-state index contributed by atoms with van der Waals surface area (Å²) in [6.07, 6.45) is 0.747. The number of oxime groups is 1. The van der Waals surface area contributed by atoms with Crippen molar-refractivity contribution in [1.82, 2.24) is 34.2 Å². The Labute approximate surface area is 242 Å². The van der Waals surface area contributed by atoms with E-state index < -0.39 is 55.1 Å². The lowest BCUT2D eigenvalue weighted by Gasteiger charge is -2.50. The summed E-state index contributed by atoms with van der Waals surface area (Å²) < 4.78 is 34.7. The minimum Gasteiger partial charge on any atom is -0.472 e. The zero-order valence-corrected chi connectivity index (χ0v) is 24.4. The number of β-lactam (4-membered cyclic amide) rings is 1. The van der Waals surface area contributed by atoms with Crippen molar-refractivity contribution in [2.24, 2.45) is 5.16 Å². The molecule has 1 unspecified atom stereocenters. The number of nitrogens with zero attached hydrogens (tertiary/aromatic N) is 7. The molecule has 0 radical (unpaired) electrons. The highest BCUT2D eigenvalue weighted by molar-refractivity contribution is 8.27. The molecule has 2 aliphatic heterocycles. The third kappa shape index (κ3) is 5.49. The van der Waals surface area contributed by atoms with Crippen molar-refractivity contribution in [3.05, 3.63) is 22.8 Å². The highest BCUT2D eigenvalue weighted by atomic mass is 32.2. The van der Waals surface area contributed by atoms with Crippen LogP contribution in [0.2, 0.25) is 0 Å². The summed E-state index contributed by atoms with van der Waals surface area (Å²) in [4.78, 5) is 55.6. The molecule has 3 aromatic heterocycles. The van der Waals surface area contributed by atoms with E-state index in [2.05, 4.69) is 30.5 Å². The van der Waals surface area contributed by atoms with E-state index in [-0.39, 0.29) is 28.1 Å². The average molecular weight is 644 g/mol. The summed E-state index contributed by atoms with van der Waals surface area (Å²) >= 11 is 2.26. The molecule has 0 spiro atoms. The third-order valence-electron chi connectivity index (χ3n) is 5.97. The number of anilines is 1. The van der Waals surface area contributed by atoms with Gasteiger partial charge in [0.25, 0.3) is 22.7 Å². The second-order valence-corrected chi connectivity index (χ2v) is 13.7. The topological polar surface area (TPSA) is 245 Å². The fourth-order valence-corrected chi connectivity index (χ4v) is 8.57. The molecule has 1 saturated heterocycles. The smallest absolute Gasteiger partial charge is 0.378 e. The zero-order chi connectivity index (χ0) is 29.6. The number of carbonyl (C=O) groups is 3. The van der Waals surface area contributed by atoms with Crippen molar-refractivity contribution in [3.8, 4) is 0 Å². The lowest BCUT2D eigenvalue weighted by atomic mass is 9.93. The lowest BCUT2D eigenvalue weighted by molar-refractivity contribution is -0.143. The minimum atomic E-state index is -4.67. The van der Waals surface area contributed by atoms with Gasteiger partial charge in [0, 0.05) is 27.5 Å². The molecule has 0 bridgehead atoms. The SMILES string of the molecule is CON=C(C(=O)N[C@H]1C(=O)N2[C@@H]1CCC(CSc1cc(C)nc3nc(S(=O)(=O)O)nn13)=S2C(=O)O)c1csc(N)n1. The van der Waals surface area contributed by atoms with Gasteiger partial charge in [-0.1, -0.05) is 5.16 Å². The number of nitrogen functional groups attached to an aromatic ring is 1. The zero-order valence-electron chi connectivity index (χ0n) is 21.1. The van der Waals surface area contributed by atoms with Crippen molar-refractivity contribution in [2.45, 2.75) is 42.0 Å². The van der Waals surface area contributed by atoms with Crippen LogP contribution in [-0.2, 0) is 24.5 Å². The van der Waals surface area contributed by atoms with Crippen LogP contribution < -0.4 is 11.1 Å². The maximum absolute atomic E-state index is 13.1. The fraction of sp³-hybridized carbons (Fsp3) is 0.350. The molecule has 41 heavy (non-hydrogen) atoms. The van der Waals surface area contributed by atoms with Gasteiger partial charge in [-0.3, -0.25) is 18.4 Å². The van der Waals surface area contributed by atoms with Crippen LogP contribution >= 0.6 is 33.8 Å². The number of carbonyl (C=O) groups excluding carboxylic acids is 2. The van der Waals surface area contributed by atoms with Crippen LogP contribution in [-0.4, -0.2) is 99.6 Å². The first-order valence-corrected chi connectivity index (χ1v) is 16.0. The molecule has 17 nitrogen and oxygen atoms in total. The van der Waals surface area contributed by atoms with E-state index in [1.165, 1.54) is 16.8 Å². The number of aromatic nitrogens is 5. The second kappa shape index (κ2) is 11.0. The number of rotatable bonds is 8. The molecule has 1 fully saturated rings. The van der Waals surface area contributed by atoms with Gasteiger partial charge in [-0.25, -0.2) is 14.8 Å². The van der Waals surface area contributed by atoms with E-state index >= 15 is 0 Å². The monoisotopic (exact) mass is 643 g/mol. The minimum absolute atomic E-state index is 0.0562. The van der Waals surface area contributed by atoms with E-state index in [9.17, 15) is 32.5 Å². The molecular formula is C20H21N9O8S4. The summed E-state index contributed by atoms with van der Waals surface area (Å²) in [5.74, 6) is -1.16. The molecule has 5 heterocycles. The van der Waals surface area contributed by atoms with Crippen LogP contribution in [0.5, 0.6) is 0 Å². The van der Waals surface area contributed by atoms with Gasteiger partial charge in [0.05, 0.1) is 6.04 Å². The number of hydrogen-bond donors (Lipinski definition) is 4. The quantitative estimate of drug-likeness (QED) is 0.0493. The van der Waals surface area contributed by atoms with Crippen LogP contribution in [0.1, 0.15) is 24.2 Å². The standard InChI is InChI=1S/C20H21N9O8S4/c1-8-5-12(28-18(22-8)25-19(26-28)41(34,35)36)38-6-9-3-4-11-14(16(31)29(11)40(9)20(32)33)24-15(30)13(27-37-2)10-7-39-17(21)23-10/h5,7,11,14H,3-4,6H2,1-2H3,(H2,21,23)(H,24,30)(H,32,33)(H,34,35,36)/t11-,14-,40?/m1/s1. The maximum atomic E-state index is 13.1. The van der Waals surface area contributed by atoms with Gasteiger partial charge in [0.1, 0.15) is 23.9 Å². The van der Waals surface area contributed by atoms with Crippen LogP contribution in [0.25, 0.3) is 5.78 Å². The van der Waals surface area contributed by atoms with Crippen molar-refractivity contribution < 1.29 is 37.3 Å². The van der Waals surface area contributed by atoms with E-state index in [0.717, 1.165) is 27.6 Å². The Hall–Kier alpha value is -3.66. The Kier molecular flexibility index (Phi) is 7.72. The molecule has 5 N–H and O–H groups in total. The molecule has 3 aromatic rings. The predicted octanol–water partition coefficient (Wildman–Crippen LogP) is 0.385. The Balaban J connectivity index is 1.36. The van der Waals surface area contributed by atoms with Gasteiger partial charge in [-0.05, 0) is 30.7 Å². The summed E-state index contributed by atoms with van der Waals surface area (Å²) in [5, 5.41) is 20.3. The molecule has 218 valence electrons. The first-order valence-electron chi connectivity index (χ1n) is 11.5. The number of amides is 2. The molecule has 0 aromatic carbocycles. The molecule has 2 aliphatic rings. The Bertz CT molecular complexity index is 1770. The molecule has 3 atom stereocenters. The van der Waals surface area contributed by atoms with Gasteiger partial charge in [-0.2, -0.15) is 17.9 Å². The fourth-order valence-electron chi connectivity index (χ4n) is 4.27. The number of carboxylic acid groups (broad SMARTS) is 1. The van der Waals surface area contributed by atoms with Crippen LogP contribution in [0.4, 0.5) is 9.93 Å². The largest absolute Gasteiger partial charge is 0.472 e. The van der Waals surface area contributed by atoms with E-state index in [4.69, 9.17) is 10.6 Å². The number of fused-ring (bicyclic) bond motifs is 2. The number of thiazole rings is 1. The van der Waals surface area contributed by atoms with Crippen molar-refractivity contribution in [1.29, 1.82) is 0 Å². The number of thioether (sulfide) groups is 1. The Morgan fingerprint density at radius 3 is 2.76 bits per heavy atom. The molecule has 21 heteroatoms. The van der Waals surface area contributed by atoms with E-state index in [0.29, 0.717) is 28.4 Å². The molecule has 0 aliphatic carbocycles. The number of hydrogen-bond acceptors (Lipinski definition) is 14. The number of nitrogens with one attached hydrogen (secondary N) is 1. The van der Waals surface area contributed by atoms with Gasteiger partial charge in [0.15, 0.2) is 10.8 Å². The number of aryl methyl sites for hydroxylation is 1. The Morgan fingerprint density at radius 1 is 1.37 bits per heavy atom. The van der Waals surface area contributed by atoms with Gasteiger partial charge >= 0.3 is 15.4 Å². The number of nitrogens with two attached hydrogens (primary N) is 1.